The van der Waals surface area contributed by atoms with Crippen LogP contribution in [0.25, 0.3) is 11.1 Å². The van der Waals surface area contributed by atoms with Crippen molar-refractivity contribution in [1.29, 1.82) is 0 Å². The summed E-state index contributed by atoms with van der Waals surface area (Å²) >= 11 is 0. The van der Waals surface area contributed by atoms with E-state index in [-0.39, 0.29) is 47.2 Å². The molecule has 11 heteroatoms. The van der Waals surface area contributed by atoms with E-state index in [0.717, 1.165) is 11.1 Å². The molecule has 1 atom stereocenters. The molecule has 3 aromatic carbocycles. The van der Waals surface area contributed by atoms with Crippen molar-refractivity contribution in [3.63, 3.8) is 0 Å². The van der Waals surface area contributed by atoms with E-state index in [9.17, 15) is 19.8 Å². The van der Waals surface area contributed by atoms with Gasteiger partial charge in [-0.1, -0.05) is 100 Å². The first kappa shape index (κ1) is 37.8. The number of aromatic nitrogens is 1. The number of hydrogen-bond donors (Lipinski definition) is 1. The number of hydrogen-bond acceptors (Lipinski definition) is 9. The number of carbonyl (C=O) groups excluding carboxylic acids is 1. The minimum absolute atomic E-state index is 0.0538. The van der Waals surface area contributed by atoms with Crippen molar-refractivity contribution in [2.75, 3.05) is 26.8 Å². The Morgan fingerprint density at radius 2 is 1.49 bits per heavy atom. The maximum absolute atomic E-state index is 14.6. The molecule has 4 aromatic rings. The van der Waals surface area contributed by atoms with Gasteiger partial charge in [-0.25, -0.2) is 4.79 Å². The van der Waals surface area contributed by atoms with E-state index < -0.39 is 24.9 Å². The van der Waals surface area contributed by atoms with Crippen LogP contribution in [0.4, 0.5) is 5.69 Å². The van der Waals surface area contributed by atoms with Crippen LogP contribution in [-0.2, 0) is 20.3 Å². The fourth-order valence-electron chi connectivity index (χ4n) is 5.47. The number of nitrogens with zero attached hydrogens (tertiary/aromatic N) is 3. The molecular weight excluding hydrogens is 641 g/mol. The van der Waals surface area contributed by atoms with Crippen LogP contribution in [0.15, 0.2) is 84.9 Å². The van der Waals surface area contributed by atoms with Gasteiger partial charge in [-0.2, -0.15) is 13.9 Å². The molecule has 0 amide bonds. The first-order chi connectivity index (χ1) is 23.3. The molecule has 1 unspecified atom stereocenters. The molecule has 0 fully saturated rings. The Labute approximate surface area is 289 Å². The molecule has 0 bridgehead atoms. The minimum atomic E-state index is -3.90. The zero-order valence-corrected chi connectivity index (χ0v) is 30.2. The Bertz CT molecular complexity index is 1710. The van der Waals surface area contributed by atoms with E-state index in [1.54, 1.807) is 26.0 Å². The molecule has 10 nitrogen and oxygen atoms in total. The molecule has 1 N–H and O–H groups in total. The van der Waals surface area contributed by atoms with Crippen molar-refractivity contribution in [3.8, 4) is 11.1 Å². The first-order valence-electron chi connectivity index (χ1n) is 16.4. The average Bonchev–Trinajstić information content (AvgIpc) is 3.06. The normalized spacial score (nSPS) is 12.5. The van der Waals surface area contributed by atoms with E-state index in [2.05, 4.69) is 4.90 Å². The van der Waals surface area contributed by atoms with Crippen molar-refractivity contribution in [2.24, 2.45) is 11.8 Å². The standard InChI is InChI=1S/C38H47N3O7P/c1-26(2)24-46-49(45,47-25-27(3)4)37-29(6)39-28(5)35(36(37)32-19-14-20-33(21-32)41(43)44)38(42)48-34(31-17-12-9-13-18-31)23-40(7)22-30-15-10-8-11-16-30/h8-21,26-27,34,45H,22-25H2,1-7H3/q+1. The summed E-state index contributed by atoms with van der Waals surface area (Å²) in [5.74, 6) is -0.579. The maximum atomic E-state index is 14.6. The van der Waals surface area contributed by atoms with Gasteiger partial charge in [0.1, 0.15) is 19.3 Å². The quantitative estimate of drug-likeness (QED) is 0.0539. The number of ether oxygens (including phenoxy) is 1. The lowest BCUT2D eigenvalue weighted by atomic mass is 9.97. The number of carbonyl (C=O) groups is 1. The van der Waals surface area contributed by atoms with Gasteiger partial charge in [0.05, 0.1) is 27.4 Å². The number of nitro groups is 1. The highest BCUT2D eigenvalue weighted by Crippen LogP contribution is 2.59. The van der Waals surface area contributed by atoms with E-state index >= 15 is 0 Å². The van der Waals surface area contributed by atoms with Crippen LogP contribution >= 0.6 is 7.94 Å². The Morgan fingerprint density at radius 1 is 0.898 bits per heavy atom. The van der Waals surface area contributed by atoms with Crippen LogP contribution in [0.2, 0.25) is 0 Å². The van der Waals surface area contributed by atoms with Crippen LogP contribution in [0.5, 0.6) is 0 Å². The first-order valence-corrected chi connectivity index (χ1v) is 18.0. The fraction of sp³-hybridized carbons (Fsp3) is 0.368. The molecule has 260 valence electrons. The highest BCUT2D eigenvalue weighted by atomic mass is 31.2. The van der Waals surface area contributed by atoms with Gasteiger partial charge >= 0.3 is 13.9 Å². The van der Waals surface area contributed by atoms with Gasteiger partial charge in [0.15, 0.2) is 0 Å². The Morgan fingerprint density at radius 3 is 2.06 bits per heavy atom. The number of nitro benzene ring substituents is 1. The smallest absolute Gasteiger partial charge is 0.448 e. The monoisotopic (exact) mass is 688 g/mol. The van der Waals surface area contributed by atoms with E-state index in [1.165, 1.54) is 12.1 Å². The highest BCUT2D eigenvalue weighted by Gasteiger charge is 2.51. The minimum Gasteiger partial charge on any atom is -0.452 e. The van der Waals surface area contributed by atoms with Crippen LogP contribution in [0.1, 0.15) is 66.7 Å². The topological polar surface area (TPSA) is 124 Å². The van der Waals surface area contributed by atoms with Crippen LogP contribution < -0.4 is 5.30 Å². The van der Waals surface area contributed by atoms with Crippen molar-refractivity contribution in [1.82, 2.24) is 9.88 Å². The zero-order chi connectivity index (χ0) is 35.7. The van der Waals surface area contributed by atoms with Gasteiger partial charge in [0, 0.05) is 25.2 Å². The predicted octanol–water partition coefficient (Wildman–Crippen LogP) is 8.03. The Balaban J connectivity index is 1.89. The van der Waals surface area contributed by atoms with Gasteiger partial charge in [-0.15, -0.1) is 0 Å². The third-order valence-electron chi connectivity index (χ3n) is 7.72. The highest BCUT2D eigenvalue weighted by molar-refractivity contribution is 7.69. The van der Waals surface area contributed by atoms with Gasteiger partial charge in [0.25, 0.3) is 5.69 Å². The second-order valence-electron chi connectivity index (χ2n) is 13.1. The molecule has 1 heterocycles. The molecule has 0 aliphatic rings. The largest absolute Gasteiger partial charge is 0.452 e. The molecule has 0 spiro atoms. The summed E-state index contributed by atoms with van der Waals surface area (Å²) < 4.78 is 18.7. The SMILES string of the molecule is Cc1nc(C)c([P+](O)(OCC(C)C)OCC(C)C)c(-c2cccc([N+](=O)[O-])c2)c1C(=O)OC(CN(C)Cc1ccccc1)c1ccccc1. The van der Waals surface area contributed by atoms with Gasteiger partial charge in [0.2, 0.25) is 5.30 Å². The summed E-state index contributed by atoms with van der Waals surface area (Å²) in [7, 11) is -1.93. The summed E-state index contributed by atoms with van der Waals surface area (Å²) in [5, 5.41) is 12.1. The molecule has 49 heavy (non-hydrogen) atoms. The van der Waals surface area contributed by atoms with Crippen LogP contribution in [0.3, 0.4) is 0 Å². The predicted molar refractivity (Wildman–Crippen MR) is 194 cm³/mol. The van der Waals surface area contributed by atoms with Crippen LogP contribution in [-0.4, -0.2) is 52.5 Å². The van der Waals surface area contributed by atoms with E-state index in [1.807, 2.05) is 95.4 Å². The lowest BCUT2D eigenvalue weighted by Crippen LogP contribution is -2.30. The summed E-state index contributed by atoms with van der Waals surface area (Å²) in [6, 6.07) is 25.5. The number of pyridine rings is 1. The lowest BCUT2D eigenvalue weighted by molar-refractivity contribution is -0.384. The molecule has 4 rings (SSSR count). The van der Waals surface area contributed by atoms with Crippen molar-refractivity contribution in [2.45, 2.75) is 54.2 Å². The van der Waals surface area contributed by atoms with Gasteiger partial charge in [-0.05, 0) is 49.4 Å². The third-order valence-corrected chi connectivity index (χ3v) is 9.83. The van der Waals surface area contributed by atoms with Gasteiger partial charge in [-0.3, -0.25) is 20.0 Å². The number of rotatable bonds is 16. The zero-order valence-electron chi connectivity index (χ0n) is 29.3. The Kier molecular flexibility index (Phi) is 13.1. The fourth-order valence-corrected chi connectivity index (χ4v) is 7.78. The van der Waals surface area contributed by atoms with Crippen LogP contribution in [0, 0.1) is 35.8 Å². The molecule has 0 radical (unpaired) electrons. The molecule has 0 aliphatic heterocycles. The number of aryl methyl sites for hydroxylation is 2. The molecular formula is C38H47N3O7P+. The summed E-state index contributed by atoms with van der Waals surface area (Å²) in [5.41, 5.74) is 3.13. The van der Waals surface area contributed by atoms with E-state index in [4.69, 9.17) is 18.8 Å². The number of esters is 1. The summed E-state index contributed by atoms with van der Waals surface area (Å²) in [4.78, 5) is 45.1. The third kappa shape index (κ3) is 10.00. The second kappa shape index (κ2) is 17.1. The average molecular weight is 689 g/mol. The number of likely N-dealkylation sites (N-methyl/N-ethyl adjacent to an activating group) is 1. The van der Waals surface area contributed by atoms with E-state index in [0.29, 0.717) is 30.0 Å². The Hall–Kier alpha value is -4.05. The summed E-state index contributed by atoms with van der Waals surface area (Å²) in [6.07, 6.45) is -0.674. The molecule has 0 saturated heterocycles. The van der Waals surface area contributed by atoms with Crippen molar-refractivity contribution >= 4 is 24.9 Å². The molecule has 1 aromatic heterocycles. The van der Waals surface area contributed by atoms with Gasteiger partial charge < -0.3 is 4.74 Å². The summed E-state index contributed by atoms with van der Waals surface area (Å²) in [6.45, 7) is 12.6. The molecule has 0 aliphatic carbocycles. The van der Waals surface area contributed by atoms with Crippen molar-refractivity contribution in [3.05, 3.63) is 123 Å². The number of non-ortho nitro benzene ring substituents is 1. The lowest BCUT2D eigenvalue weighted by Gasteiger charge is -2.27. The van der Waals surface area contributed by atoms with Crippen molar-refractivity contribution < 1.29 is 28.4 Å². The number of benzene rings is 3. The second-order valence-corrected chi connectivity index (χ2v) is 15.1. The molecule has 0 saturated carbocycles. The maximum Gasteiger partial charge on any atom is 0.448 e.